The van der Waals surface area contributed by atoms with Gasteiger partial charge in [-0.3, -0.25) is 14.7 Å². The summed E-state index contributed by atoms with van der Waals surface area (Å²) >= 11 is 0. The molecule has 2 aromatic heterocycles. The van der Waals surface area contributed by atoms with Crippen LogP contribution in [0.4, 0.5) is 14.6 Å². The number of carbonyl (C=O) groups excluding carboxylic acids is 1. The number of rotatable bonds is 7. The van der Waals surface area contributed by atoms with Crippen LogP contribution in [0, 0.1) is 24.0 Å². The van der Waals surface area contributed by atoms with Crippen LogP contribution in [-0.4, -0.2) is 70.1 Å². The number of hydrogen-bond acceptors (Lipinski definition) is 7. The van der Waals surface area contributed by atoms with Crippen molar-refractivity contribution in [2.75, 3.05) is 37.7 Å². The van der Waals surface area contributed by atoms with Crippen LogP contribution >= 0.6 is 0 Å². The summed E-state index contributed by atoms with van der Waals surface area (Å²) in [5.74, 6) is 1.47. The Kier molecular flexibility index (Phi) is 8.03. The van der Waals surface area contributed by atoms with Gasteiger partial charge in [-0.15, -0.1) is 6.42 Å². The highest BCUT2D eigenvalue weighted by molar-refractivity contribution is 6.02. The molecule has 46 heavy (non-hydrogen) atoms. The molecular formula is C36H36F2N6O2. The van der Waals surface area contributed by atoms with E-state index in [1.165, 1.54) is 12.1 Å². The molecule has 2 aromatic carbocycles. The van der Waals surface area contributed by atoms with E-state index in [0.717, 1.165) is 58.0 Å². The van der Waals surface area contributed by atoms with Gasteiger partial charge >= 0.3 is 6.01 Å². The molecule has 1 amide bonds. The molecular weight excluding hydrogens is 586 g/mol. The molecule has 0 aliphatic carbocycles. The fraction of sp³-hybridized carbons (Fsp3) is 0.389. The van der Waals surface area contributed by atoms with Gasteiger partial charge in [0.05, 0.1) is 16.5 Å². The fourth-order valence-electron chi connectivity index (χ4n) is 7.58. The Morgan fingerprint density at radius 3 is 2.74 bits per heavy atom. The van der Waals surface area contributed by atoms with E-state index < -0.39 is 11.6 Å². The number of pyridine rings is 1. The first-order valence-electron chi connectivity index (χ1n) is 16.0. The smallest absolute Gasteiger partial charge is 0.319 e. The first kappa shape index (κ1) is 30.1. The van der Waals surface area contributed by atoms with Crippen LogP contribution in [-0.2, 0) is 4.79 Å². The molecule has 3 saturated heterocycles. The highest BCUT2D eigenvalue weighted by Crippen LogP contribution is 2.40. The number of nitrogens with one attached hydrogen (secondary N) is 1. The summed E-state index contributed by atoms with van der Waals surface area (Å²) in [6.07, 6.45) is 15.4. The minimum Gasteiger partial charge on any atom is -0.461 e. The van der Waals surface area contributed by atoms with Gasteiger partial charge in [-0.2, -0.15) is 9.97 Å². The van der Waals surface area contributed by atoms with Crippen LogP contribution < -0.4 is 15.0 Å². The number of benzene rings is 2. The molecule has 236 valence electrons. The summed E-state index contributed by atoms with van der Waals surface area (Å²) in [5, 5.41) is 4.53. The molecule has 0 radical (unpaired) electrons. The molecule has 4 aromatic rings. The summed E-state index contributed by atoms with van der Waals surface area (Å²) in [5.41, 5.74) is 0.445. The van der Waals surface area contributed by atoms with Gasteiger partial charge < -0.3 is 15.0 Å². The molecule has 3 fully saturated rings. The third-order valence-electron chi connectivity index (χ3n) is 9.82. The number of halogens is 2. The number of nitrogens with zero attached hydrogens (tertiary/aromatic N) is 5. The highest BCUT2D eigenvalue weighted by atomic mass is 19.1. The van der Waals surface area contributed by atoms with Crippen molar-refractivity contribution in [3.8, 4) is 29.6 Å². The monoisotopic (exact) mass is 622 g/mol. The highest BCUT2D eigenvalue weighted by Gasteiger charge is 2.45. The van der Waals surface area contributed by atoms with Crippen molar-refractivity contribution in [3.63, 3.8) is 0 Å². The molecule has 1 N–H and O–H groups in total. The quantitative estimate of drug-likeness (QED) is 0.207. The number of terminal acetylenes is 1. The summed E-state index contributed by atoms with van der Waals surface area (Å²) in [6, 6.07) is 8.15. The van der Waals surface area contributed by atoms with Gasteiger partial charge in [0.25, 0.3) is 0 Å². The molecule has 1 atom stereocenters. The van der Waals surface area contributed by atoms with Crippen molar-refractivity contribution >= 4 is 33.4 Å². The zero-order valence-electron chi connectivity index (χ0n) is 25.7. The van der Waals surface area contributed by atoms with Crippen molar-refractivity contribution in [2.24, 2.45) is 0 Å². The summed E-state index contributed by atoms with van der Waals surface area (Å²) in [7, 11) is 0. The lowest BCUT2D eigenvalue weighted by Gasteiger charge is -2.31. The van der Waals surface area contributed by atoms with Crippen molar-refractivity contribution in [2.45, 2.75) is 56.5 Å². The predicted octanol–water partition coefficient (Wildman–Crippen LogP) is 5.77. The number of anilines is 1. The van der Waals surface area contributed by atoms with Gasteiger partial charge in [0.2, 0.25) is 5.91 Å². The van der Waals surface area contributed by atoms with Crippen LogP contribution in [0.15, 0.2) is 49.2 Å². The Balaban J connectivity index is 1.36. The molecule has 7 rings (SSSR count). The average molecular weight is 623 g/mol. The normalized spacial score (nSPS) is 19.5. The van der Waals surface area contributed by atoms with E-state index in [4.69, 9.17) is 16.1 Å². The first-order valence-corrected chi connectivity index (χ1v) is 16.0. The number of hydrogen-bond donors (Lipinski definition) is 1. The van der Waals surface area contributed by atoms with E-state index in [1.807, 2.05) is 0 Å². The maximum absolute atomic E-state index is 16.8. The van der Waals surface area contributed by atoms with Crippen molar-refractivity contribution in [3.05, 3.63) is 66.4 Å². The van der Waals surface area contributed by atoms with E-state index >= 15 is 4.39 Å². The maximum Gasteiger partial charge on any atom is 0.319 e. The lowest BCUT2D eigenvalue weighted by molar-refractivity contribution is -0.117. The molecule has 0 spiro atoms. The molecule has 5 heterocycles. The second-order valence-electron chi connectivity index (χ2n) is 12.5. The van der Waals surface area contributed by atoms with Gasteiger partial charge in [-0.1, -0.05) is 36.8 Å². The minimum atomic E-state index is -0.668. The second-order valence-corrected chi connectivity index (χ2v) is 12.5. The zero-order chi connectivity index (χ0) is 31.8. The largest absolute Gasteiger partial charge is 0.461 e. The van der Waals surface area contributed by atoms with Gasteiger partial charge in [0.15, 0.2) is 5.82 Å². The summed E-state index contributed by atoms with van der Waals surface area (Å²) in [6.45, 7) is 7.23. The molecule has 0 saturated carbocycles. The lowest BCUT2D eigenvalue weighted by Crippen LogP contribution is -2.43. The van der Waals surface area contributed by atoms with Crippen LogP contribution in [0.2, 0.25) is 0 Å². The van der Waals surface area contributed by atoms with Crippen LogP contribution in [0.5, 0.6) is 6.01 Å². The van der Waals surface area contributed by atoms with Gasteiger partial charge in [-0.25, -0.2) is 8.78 Å². The standard InChI is InChI=1S/C36H36F2N6O2/c1-3-25-28(37)14-13-23-10-7-12-26(30(23)25)32-31(38)33-27(20-39-32)34(43-17-6-5-11-24(21-43)40-29(45)4-2)42-35(41-33)46-22-36-15-8-18-44(36)19-9-16-36/h1,4,7,10,12-14,20,24H,2,5-6,8-9,11,15-19,21-22H2,(H,40,45). The number of carbonyl (C=O) groups is 1. The number of amides is 1. The fourth-order valence-corrected chi connectivity index (χ4v) is 7.58. The predicted molar refractivity (Wildman–Crippen MR) is 175 cm³/mol. The Hall–Kier alpha value is -4.62. The number of aromatic nitrogens is 3. The molecule has 8 nitrogen and oxygen atoms in total. The van der Waals surface area contributed by atoms with Crippen LogP contribution in [0.25, 0.3) is 32.9 Å². The molecule has 1 unspecified atom stereocenters. The Labute approximate surface area is 266 Å². The third-order valence-corrected chi connectivity index (χ3v) is 9.82. The second kappa shape index (κ2) is 12.3. The molecule has 3 aliphatic rings. The average Bonchev–Trinajstić information content (AvgIpc) is 3.57. The maximum atomic E-state index is 16.8. The summed E-state index contributed by atoms with van der Waals surface area (Å²) < 4.78 is 38.0. The van der Waals surface area contributed by atoms with E-state index in [9.17, 15) is 9.18 Å². The summed E-state index contributed by atoms with van der Waals surface area (Å²) in [4.78, 5) is 30.8. The number of ether oxygens (including phenoxy) is 1. The van der Waals surface area contributed by atoms with E-state index in [2.05, 4.69) is 37.6 Å². The number of fused-ring (bicyclic) bond motifs is 3. The van der Waals surface area contributed by atoms with E-state index in [0.29, 0.717) is 47.2 Å². The van der Waals surface area contributed by atoms with Gasteiger partial charge in [-0.05, 0) is 75.6 Å². The Morgan fingerprint density at radius 2 is 1.96 bits per heavy atom. The zero-order valence-corrected chi connectivity index (χ0v) is 25.7. The topological polar surface area (TPSA) is 83.5 Å². The van der Waals surface area contributed by atoms with Crippen LogP contribution in [0.1, 0.15) is 50.5 Å². The third kappa shape index (κ3) is 5.32. The Morgan fingerprint density at radius 1 is 1.13 bits per heavy atom. The SMILES string of the molecule is C#Cc1c(F)ccc2cccc(-c3ncc4c(N5CCCCC(NC(=O)C=C)C5)nc(OCC56CCCN5CCC6)nc4c3F)c12. The van der Waals surface area contributed by atoms with Crippen molar-refractivity contribution < 1.29 is 18.3 Å². The lowest BCUT2D eigenvalue weighted by atomic mass is 9.95. The van der Waals surface area contributed by atoms with E-state index in [1.54, 1.807) is 30.5 Å². The minimum absolute atomic E-state index is 0.0131. The van der Waals surface area contributed by atoms with E-state index in [-0.39, 0.29) is 40.3 Å². The first-order chi connectivity index (χ1) is 22.4. The van der Waals surface area contributed by atoms with Crippen molar-refractivity contribution in [1.82, 2.24) is 25.2 Å². The molecule has 0 bridgehead atoms. The van der Waals surface area contributed by atoms with Gasteiger partial charge in [0, 0.05) is 36.3 Å². The molecule has 3 aliphatic heterocycles. The van der Waals surface area contributed by atoms with Crippen molar-refractivity contribution in [1.29, 1.82) is 0 Å². The van der Waals surface area contributed by atoms with Gasteiger partial charge in [0.1, 0.15) is 29.5 Å². The molecule has 10 heteroatoms. The van der Waals surface area contributed by atoms with Crippen LogP contribution in [0.3, 0.4) is 0 Å². The Bertz CT molecular complexity index is 1880.